The summed E-state index contributed by atoms with van der Waals surface area (Å²) in [5.74, 6) is -1.13. The molecule has 1 fully saturated rings. The monoisotopic (exact) mass is 354 g/mol. The van der Waals surface area contributed by atoms with Gasteiger partial charge in [-0.15, -0.1) is 0 Å². The number of nitro benzene ring substituents is 1. The maximum absolute atomic E-state index is 12.3. The first-order chi connectivity index (χ1) is 11.3. The topological polar surface area (TPSA) is 89.8 Å². The standard InChI is InChI=1S/C16H19ClN2O5/c1-10-4-3-5-11(2)18(10)15(20)9-24-16(21)13-8-12(19(22)23)6-7-14(13)17/h6-8,10-11H,3-5,9H2,1-2H3/t10-,11+. The molecule has 2 rings (SSSR count). The minimum atomic E-state index is -0.852. The Morgan fingerprint density at radius 2 is 1.96 bits per heavy atom. The van der Waals surface area contributed by atoms with Gasteiger partial charge in [0.1, 0.15) is 0 Å². The van der Waals surface area contributed by atoms with Crippen LogP contribution in [0.4, 0.5) is 5.69 Å². The van der Waals surface area contributed by atoms with Crippen molar-refractivity contribution in [3.05, 3.63) is 38.9 Å². The number of hydrogen-bond donors (Lipinski definition) is 0. The Labute approximate surface area is 144 Å². The van der Waals surface area contributed by atoms with Gasteiger partial charge in [0, 0.05) is 24.2 Å². The van der Waals surface area contributed by atoms with Crippen molar-refractivity contribution in [3.8, 4) is 0 Å². The van der Waals surface area contributed by atoms with E-state index in [0.29, 0.717) is 0 Å². The molecule has 1 heterocycles. The van der Waals surface area contributed by atoms with E-state index in [1.165, 1.54) is 12.1 Å². The lowest BCUT2D eigenvalue weighted by molar-refractivity contribution is -0.384. The molecule has 1 amide bonds. The largest absolute Gasteiger partial charge is 0.452 e. The molecule has 0 unspecified atom stereocenters. The number of non-ortho nitro benzene ring substituents is 1. The van der Waals surface area contributed by atoms with Gasteiger partial charge in [-0.1, -0.05) is 11.6 Å². The van der Waals surface area contributed by atoms with E-state index in [2.05, 4.69) is 0 Å². The third kappa shape index (κ3) is 4.03. The van der Waals surface area contributed by atoms with Crippen LogP contribution in [0.25, 0.3) is 0 Å². The number of carbonyl (C=O) groups is 2. The minimum Gasteiger partial charge on any atom is -0.452 e. The van der Waals surface area contributed by atoms with Crippen LogP contribution in [0.15, 0.2) is 18.2 Å². The van der Waals surface area contributed by atoms with Gasteiger partial charge in [0.25, 0.3) is 11.6 Å². The number of nitro groups is 1. The number of carbonyl (C=O) groups excluding carboxylic acids is 2. The van der Waals surface area contributed by atoms with Crippen LogP contribution in [0, 0.1) is 10.1 Å². The quantitative estimate of drug-likeness (QED) is 0.470. The van der Waals surface area contributed by atoms with Crippen molar-refractivity contribution in [2.24, 2.45) is 0 Å². The number of amides is 1. The van der Waals surface area contributed by atoms with Crippen LogP contribution >= 0.6 is 11.6 Å². The fourth-order valence-electron chi connectivity index (χ4n) is 2.98. The smallest absolute Gasteiger partial charge is 0.340 e. The number of rotatable bonds is 4. The molecule has 0 saturated carbocycles. The van der Waals surface area contributed by atoms with Crippen molar-refractivity contribution in [1.29, 1.82) is 0 Å². The summed E-state index contributed by atoms with van der Waals surface area (Å²) >= 11 is 5.89. The maximum Gasteiger partial charge on any atom is 0.340 e. The summed E-state index contributed by atoms with van der Waals surface area (Å²) in [6, 6.07) is 3.69. The summed E-state index contributed by atoms with van der Waals surface area (Å²) in [4.78, 5) is 36.3. The van der Waals surface area contributed by atoms with Gasteiger partial charge >= 0.3 is 5.97 Å². The molecule has 7 nitrogen and oxygen atoms in total. The van der Waals surface area contributed by atoms with Crippen molar-refractivity contribution in [2.45, 2.75) is 45.2 Å². The van der Waals surface area contributed by atoms with Gasteiger partial charge in [0.2, 0.25) is 0 Å². The van der Waals surface area contributed by atoms with Crippen molar-refractivity contribution < 1.29 is 19.2 Å². The molecule has 8 heteroatoms. The molecule has 0 radical (unpaired) electrons. The molecular formula is C16H19ClN2O5. The van der Waals surface area contributed by atoms with Crippen molar-refractivity contribution in [1.82, 2.24) is 4.90 Å². The van der Waals surface area contributed by atoms with E-state index < -0.39 is 17.5 Å². The third-order valence-corrected chi connectivity index (χ3v) is 4.52. The van der Waals surface area contributed by atoms with Gasteiger partial charge in [-0.25, -0.2) is 4.79 Å². The zero-order valence-corrected chi connectivity index (χ0v) is 14.3. The molecule has 0 bridgehead atoms. The Morgan fingerprint density at radius 1 is 1.33 bits per heavy atom. The number of piperidine rings is 1. The summed E-state index contributed by atoms with van der Waals surface area (Å²) in [6.07, 6.45) is 2.90. The lowest BCUT2D eigenvalue weighted by Crippen LogP contribution is -2.49. The highest BCUT2D eigenvalue weighted by molar-refractivity contribution is 6.33. The van der Waals surface area contributed by atoms with E-state index >= 15 is 0 Å². The molecule has 0 spiro atoms. The van der Waals surface area contributed by atoms with Gasteiger partial charge < -0.3 is 9.64 Å². The van der Waals surface area contributed by atoms with E-state index in [1.807, 2.05) is 13.8 Å². The van der Waals surface area contributed by atoms with Gasteiger partial charge in [0.05, 0.1) is 15.5 Å². The minimum absolute atomic E-state index is 0.0396. The number of nitrogens with zero attached hydrogens (tertiary/aromatic N) is 2. The first-order valence-electron chi connectivity index (χ1n) is 7.73. The fourth-order valence-corrected chi connectivity index (χ4v) is 3.17. The first kappa shape index (κ1) is 18.2. The van der Waals surface area contributed by atoms with Crippen LogP contribution < -0.4 is 0 Å². The second-order valence-corrected chi connectivity index (χ2v) is 6.33. The molecule has 1 saturated heterocycles. The second-order valence-electron chi connectivity index (χ2n) is 5.93. The van der Waals surface area contributed by atoms with Gasteiger partial charge in [-0.2, -0.15) is 0 Å². The normalized spacial score (nSPS) is 20.5. The van der Waals surface area contributed by atoms with Crippen molar-refractivity contribution in [3.63, 3.8) is 0 Å². The lowest BCUT2D eigenvalue weighted by Gasteiger charge is -2.38. The average Bonchev–Trinajstić information content (AvgIpc) is 2.52. The number of likely N-dealkylation sites (tertiary alicyclic amines) is 1. The average molecular weight is 355 g/mol. The van der Waals surface area contributed by atoms with Crippen LogP contribution in [0.1, 0.15) is 43.5 Å². The molecular weight excluding hydrogens is 336 g/mol. The molecule has 1 aromatic rings. The zero-order valence-electron chi connectivity index (χ0n) is 13.5. The molecule has 0 aliphatic carbocycles. The Kier molecular flexibility index (Phi) is 5.77. The SMILES string of the molecule is C[C@@H]1CCC[C@H](C)N1C(=O)COC(=O)c1cc([N+](=O)[O-])ccc1Cl. The molecule has 2 atom stereocenters. The van der Waals surface area contributed by atoms with Crippen LogP contribution in [0.3, 0.4) is 0 Å². The summed E-state index contributed by atoms with van der Waals surface area (Å²) < 4.78 is 5.02. The van der Waals surface area contributed by atoms with E-state index in [0.717, 1.165) is 25.3 Å². The van der Waals surface area contributed by atoms with Gasteiger partial charge in [-0.05, 0) is 39.2 Å². The Morgan fingerprint density at radius 3 is 2.54 bits per heavy atom. The van der Waals surface area contributed by atoms with Crippen LogP contribution in [-0.4, -0.2) is 40.4 Å². The molecule has 130 valence electrons. The molecule has 1 aliphatic rings. The summed E-state index contributed by atoms with van der Waals surface area (Å²) in [5.41, 5.74) is -0.394. The number of esters is 1. The van der Waals surface area contributed by atoms with Crippen LogP contribution in [-0.2, 0) is 9.53 Å². The van der Waals surface area contributed by atoms with E-state index in [1.54, 1.807) is 4.90 Å². The molecule has 24 heavy (non-hydrogen) atoms. The van der Waals surface area contributed by atoms with Crippen molar-refractivity contribution >= 4 is 29.2 Å². The summed E-state index contributed by atoms with van der Waals surface area (Å²) in [6.45, 7) is 3.52. The maximum atomic E-state index is 12.3. The highest BCUT2D eigenvalue weighted by atomic mass is 35.5. The molecule has 0 N–H and O–H groups in total. The fraction of sp³-hybridized carbons (Fsp3) is 0.500. The van der Waals surface area contributed by atoms with E-state index in [-0.39, 0.29) is 34.3 Å². The Hall–Kier alpha value is -2.15. The predicted molar refractivity (Wildman–Crippen MR) is 88.0 cm³/mol. The molecule has 1 aliphatic heterocycles. The number of benzene rings is 1. The predicted octanol–water partition coefficient (Wildman–Crippen LogP) is 3.19. The zero-order chi connectivity index (χ0) is 17.9. The lowest BCUT2D eigenvalue weighted by atomic mass is 9.97. The molecule has 1 aromatic carbocycles. The number of ether oxygens (including phenoxy) is 1. The highest BCUT2D eigenvalue weighted by Crippen LogP contribution is 2.24. The Balaban J connectivity index is 2.04. The van der Waals surface area contributed by atoms with Crippen LogP contribution in [0.5, 0.6) is 0 Å². The highest BCUT2D eigenvalue weighted by Gasteiger charge is 2.29. The summed E-state index contributed by atoms with van der Waals surface area (Å²) in [5, 5.41) is 10.8. The molecule has 0 aromatic heterocycles. The number of hydrogen-bond acceptors (Lipinski definition) is 5. The summed E-state index contributed by atoms with van der Waals surface area (Å²) in [7, 11) is 0. The first-order valence-corrected chi connectivity index (χ1v) is 8.11. The Bertz CT molecular complexity index is 654. The van der Waals surface area contributed by atoms with Gasteiger partial charge in [0.15, 0.2) is 6.61 Å². The van der Waals surface area contributed by atoms with Crippen molar-refractivity contribution in [2.75, 3.05) is 6.61 Å². The van der Waals surface area contributed by atoms with E-state index in [4.69, 9.17) is 16.3 Å². The van der Waals surface area contributed by atoms with Crippen LogP contribution in [0.2, 0.25) is 5.02 Å². The van der Waals surface area contributed by atoms with Gasteiger partial charge in [-0.3, -0.25) is 14.9 Å². The number of halogens is 1. The second kappa shape index (κ2) is 7.61. The third-order valence-electron chi connectivity index (χ3n) is 4.19. The van der Waals surface area contributed by atoms with E-state index in [9.17, 15) is 19.7 Å².